The molecule has 0 fully saturated rings. The summed E-state index contributed by atoms with van der Waals surface area (Å²) in [6, 6.07) is 15.4. The third-order valence-corrected chi connectivity index (χ3v) is 3.70. The second-order valence-electron chi connectivity index (χ2n) is 5.55. The van der Waals surface area contributed by atoms with E-state index in [2.05, 4.69) is 5.32 Å². The summed E-state index contributed by atoms with van der Waals surface area (Å²) in [6.07, 6.45) is 0.859. The first-order chi connectivity index (χ1) is 11.5. The van der Waals surface area contributed by atoms with E-state index in [9.17, 15) is 14.0 Å². The molecule has 2 aromatic rings. The van der Waals surface area contributed by atoms with Gasteiger partial charge in [-0.25, -0.2) is 4.39 Å². The quantitative estimate of drug-likeness (QED) is 0.848. The average molecular weight is 328 g/mol. The Kier molecular flexibility index (Phi) is 6.49. The minimum Gasteiger partial charge on any atom is -0.342 e. The Hall–Kier alpha value is -2.69. The fraction of sp³-hybridized carbons (Fsp3) is 0.263. The first-order valence-corrected chi connectivity index (χ1v) is 7.89. The van der Waals surface area contributed by atoms with E-state index in [-0.39, 0.29) is 24.1 Å². The average Bonchev–Trinajstić information content (AvgIpc) is 2.57. The smallest absolute Gasteiger partial charge is 0.226 e. The first-order valence-electron chi connectivity index (χ1n) is 7.89. The molecule has 0 aromatic heterocycles. The van der Waals surface area contributed by atoms with Crippen LogP contribution in [0.25, 0.3) is 0 Å². The Balaban J connectivity index is 1.81. The van der Waals surface area contributed by atoms with Crippen molar-refractivity contribution in [3.63, 3.8) is 0 Å². The topological polar surface area (TPSA) is 49.4 Å². The number of amides is 2. The summed E-state index contributed by atoms with van der Waals surface area (Å²) >= 11 is 0. The lowest BCUT2D eigenvalue weighted by Gasteiger charge is -2.21. The second-order valence-corrected chi connectivity index (χ2v) is 5.55. The van der Waals surface area contributed by atoms with Gasteiger partial charge in [0.1, 0.15) is 5.82 Å². The third-order valence-electron chi connectivity index (χ3n) is 3.70. The zero-order valence-corrected chi connectivity index (χ0v) is 13.7. The molecule has 2 aromatic carbocycles. The monoisotopic (exact) mass is 328 g/mol. The van der Waals surface area contributed by atoms with Gasteiger partial charge in [-0.15, -0.1) is 0 Å². The van der Waals surface area contributed by atoms with E-state index in [0.717, 1.165) is 11.3 Å². The van der Waals surface area contributed by atoms with Gasteiger partial charge in [-0.2, -0.15) is 0 Å². The third kappa shape index (κ3) is 5.83. The van der Waals surface area contributed by atoms with E-state index >= 15 is 0 Å². The molecule has 24 heavy (non-hydrogen) atoms. The molecule has 5 heteroatoms. The van der Waals surface area contributed by atoms with Crippen LogP contribution in [0.1, 0.15) is 18.9 Å². The number of nitrogens with zero attached hydrogens (tertiary/aromatic N) is 1. The molecule has 0 unspecified atom stereocenters. The summed E-state index contributed by atoms with van der Waals surface area (Å²) in [5, 5.41) is 2.80. The molecule has 0 aliphatic carbocycles. The first kappa shape index (κ1) is 17.7. The molecule has 126 valence electrons. The molecule has 0 saturated carbocycles. The second kappa shape index (κ2) is 8.82. The van der Waals surface area contributed by atoms with E-state index in [0.29, 0.717) is 19.5 Å². The highest BCUT2D eigenvalue weighted by atomic mass is 19.1. The van der Waals surface area contributed by atoms with Crippen LogP contribution in [0.2, 0.25) is 0 Å². The van der Waals surface area contributed by atoms with Gasteiger partial charge in [-0.3, -0.25) is 9.59 Å². The van der Waals surface area contributed by atoms with Crippen molar-refractivity contribution in [1.29, 1.82) is 0 Å². The molecule has 2 rings (SSSR count). The zero-order valence-electron chi connectivity index (χ0n) is 13.7. The van der Waals surface area contributed by atoms with E-state index in [1.807, 2.05) is 30.3 Å². The Labute approximate surface area is 141 Å². The van der Waals surface area contributed by atoms with Crippen LogP contribution in [0.3, 0.4) is 0 Å². The van der Waals surface area contributed by atoms with Crippen molar-refractivity contribution in [2.24, 2.45) is 0 Å². The summed E-state index contributed by atoms with van der Waals surface area (Å²) in [4.78, 5) is 25.3. The zero-order chi connectivity index (χ0) is 17.4. The highest BCUT2D eigenvalue weighted by molar-refractivity contribution is 5.91. The van der Waals surface area contributed by atoms with E-state index in [4.69, 9.17) is 0 Å². The molecular weight excluding hydrogens is 307 g/mol. The van der Waals surface area contributed by atoms with Crippen molar-refractivity contribution in [1.82, 2.24) is 4.90 Å². The molecule has 1 N–H and O–H groups in total. The SMILES string of the molecule is CC(=O)N(CCC(=O)Nc1ccccc1)CCc1ccc(F)cc1. The van der Waals surface area contributed by atoms with Gasteiger partial charge in [0.05, 0.1) is 0 Å². The number of halogens is 1. The fourth-order valence-corrected chi connectivity index (χ4v) is 2.32. The molecular formula is C19H21FN2O2. The van der Waals surface area contributed by atoms with Gasteiger partial charge < -0.3 is 10.2 Å². The van der Waals surface area contributed by atoms with Gasteiger partial charge in [0.25, 0.3) is 0 Å². The Morgan fingerprint density at radius 3 is 2.29 bits per heavy atom. The maximum absolute atomic E-state index is 12.9. The van der Waals surface area contributed by atoms with Crippen molar-refractivity contribution < 1.29 is 14.0 Å². The predicted molar refractivity (Wildman–Crippen MR) is 92.0 cm³/mol. The standard InChI is InChI=1S/C19H21FN2O2/c1-15(23)22(13-11-16-7-9-17(20)10-8-16)14-12-19(24)21-18-5-3-2-4-6-18/h2-10H,11-14H2,1H3,(H,21,24). The molecule has 0 aliphatic rings. The number of rotatable bonds is 7. The maximum atomic E-state index is 12.9. The number of hydrogen-bond acceptors (Lipinski definition) is 2. The predicted octanol–water partition coefficient (Wildman–Crippen LogP) is 3.25. The van der Waals surface area contributed by atoms with Gasteiger partial charge in [-0.05, 0) is 36.2 Å². The normalized spacial score (nSPS) is 10.2. The summed E-state index contributed by atoms with van der Waals surface area (Å²) in [5.41, 5.74) is 1.69. The number of benzene rings is 2. The summed E-state index contributed by atoms with van der Waals surface area (Å²) in [6.45, 7) is 2.34. The summed E-state index contributed by atoms with van der Waals surface area (Å²) in [5.74, 6) is -0.487. The van der Waals surface area contributed by atoms with Gasteiger partial charge in [0.2, 0.25) is 11.8 Å². The molecule has 0 heterocycles. The molecule has 0 aliphatic heterocycles. The molecule has 0 radical (unpaired) electrons. The number of carbonyl (C=O) groups excluding carboxylic acids is 2. The fourth-order valence-electron chi connectivity index (χ4n) is 2.32. The number of carbonyl (C=O) groups is 2. The van der Waals surface area contributed by atoms with Gasteiger partial charge in [0, 0.05) is 32.1 Å². The highest BCUT2D eigenvalue weighted by Gasteiger charge is 2.11. The maximum Gasteiger partial charge on any atom is 0.226 e. The van der Waals surface area contributed by atoms with E-state index < -0.39 is 0 Å². The van der Waals surface area contributed by atoms with Crippen molar-refractivity contribution in [3.05, 3.63) is 66.0 Å². The Morgan fingerprint density at radius 1 is 1.00 bits per heavy atom. The molecule has 0 spiro atoms. The minimum absolute atomic E-state index is 0.0791. The van der Waals surface area contributed by atoms with Crippen LogP contribution in [0.5, 0.6) is 0 Å². The lowest BCUT2D eigenvalue weighted by molar-refractivity contribution is -0.129. The van der Waals surface area contributed by atoms with Crippen LogP contribution >= 0.6 is 0 Å². The van der Waals surface area contributed by atoms with Crippen LogP contribution in [0, 0.1) is 5.82 Å². The largest absolute Gasteiger partial charge is 0.342 e. The van der Waals surface area contributed by atoms with Crippen LogP contribution in [0.4, 0.5) is 10.1 Å². The number of nitrogens with one attached hydrogen (secondary N) is 1. The van der Waals surface area contributed by atoms with Crippen LogP contribution in [-0.4, -0.2) is 29.8 Å². The Bertz CT molecular complexity index is 672. The van der Waals surface area contributed by atoms with Crippen molar-refractivity contribution >= 4 is 17.5 Å². The van der Waals surface area contributed by atoms with Gasteiger partial charge >= 0.3 is 0 Å². The lowest BCUT2D eigenvalue weighted by Crippen LogP contribution is -2.33. The molecule has 2 amide bonds. The summed E-state index contributed by atoms with van der Waals surface area (Å²) < 4.78 is 12.9. The van der Waals surface area contributed by atoms with Crippen LogP contribution < -0.4 is 5.32 Å². The van der Waals surface area contributed by atoms with Crippen molar-refractivity contribution in [3.8, 4) is 0 Å². The van der Waals surface area contributed by atoms with E-state index in [1.165, 1.54) is 19.1 Å². The lowest BCUT2D eigenvalue weighted by atomic mass is 10.1. The highest BCUT2D eigenvalue weighted by Crippen LogP contribution is 2.07. The van der Waals surface area contributed by atoms with E-state index in [1.54, 1.807) is 17.0 Å². The molecule has 4 nitrogen and oxygen atoms in total. The number of para-hydroxylation sites is 1. The number of anilines is 1. The summed E-state index contributed by atoms with van der Waals surface area (Å²) in [7, 11) is 0. The van der Waals surface area contributed by atoms with Gasteiger partial charge in [-0.1, -0.05) is 30.3 Å². The Morgan fingerprint density at radius 2 is 1.67 bits per heavy atom. The molecule has 0 atom stereocenters. The van der Waals surface area contributed by atoms with Crippen LogP contribution in [0.15, 0.2) is 54.6 Å². The molecule has 0 bridgehead atoms. The minimum atomic E-state index is -0.278. The van der Waals surface area contributed by atoms with Crippen molar-refractivity contribution in [2.45, 2.75) is 19.8 Å². The van der Waals surface area contributed by atoms with Crippen molar-refractivity contribution in [2.75, 3.05) is 18.4 Å². The van der Waals surface area contributed by atoms with Gasteiger partial charge in [0.15, 0.2) is 0 Å². The number of hydrogen-bond donors (Lipinski definition) is 1. The van der Waals surface area contributed by atoms with Crippen LogP contribution in [-0.2, 0) is 16.0 Å². The molecule has 0 saturated heterocycles.